The Morgan fingerprint density at radius 3 is 2.60 bits per heavy atom. The first-order valence-corrected chi connectivity index (χ1v) is 7.33. The summed E-state index contributed by atoms with van der Waals surface area (Å²) in [5.74, 6) is 0.198. The number of para-hydroxylation sites is 1. The predicted molar refractivity (Wildman–Crippen MR) is 81.3 cm³/mol. The summed E-state index contributed by atoms with van der Waals surface area (Å²) in [6, 6.07) is 5.06. The molecule has 0 aromatic heterocycles. The highest BCUT2D eigenvalue weighted by Crippen LogP contribution is 2.33. The number of halogens is 2. The molecule has 0 bridgehead atoms. The molecule has 110 valence electrons. The van der Waals surface area contributed by atoms with Gasteiger partial charge in [-0.2, -0.15) is 0 Å². The molecule has 0 aliphatic heterocycles. The van der Waals surface area contributed by atoms with Crippen LogP contribution in [0, 0.1) is 5.92 Å². The summed E-state index contributed by atoms with van der Waals surface area (Å²) in [4.78, 5) is 13.7. The average molecular weight is 317 g/mol. The number of hydrogen-bond acceptors (Lipinski definition) is 3. The van der Waals surface area contributed by atoms with E-state index in [0.717, 1.165) is 12.8 Å². The second kappa shape index (κ2) is 6.76. The Morgan fingerprint density at radius 1 is 1.45 bits per heavy atom. The Balaban J connectivity index is 1.85. The molecule has 1 aliphatic carbocycles. The topological polar surface area (TPSA) is 52.6 Å². The van der Waals surface area contributed by atoms with Crippen molar-refractivity contribution in [1.29, 1.82) is 0 Å². The molecule has 20 heavy (non-hydrogen) atoms. The van der Waals surface area contributed by atoms with Gasteiger partial charge >= 0.3 is 0 Å². The molecule has 0 heterocycles. The highest BCUT2D eigenvalue weighted by atomic mass is 35.5. The van der Waals surface area contributed by atoms with Gasteiger partial charge in [0, 0.05) is 6.54 Å². The van der Waals surface area contributed by atoms with Crippen LogP contribution >= 0.6 is 23.2 Å². The summed E-state index contributed by atoms with van der Waals surface area (Å²) < 4.78 is 0. The van der Waals surface area contributed by atoms with E-state index in [1.807, 2.05) is 0 Å². The lowest BCUT2D eigenvalue weighted by atomic mass is 10.2. The normalized spacial score (nSPS) is 16.2. The Hall–Kier alpha value is -0.810. The molecular weight excluding hydrogens is 299 g/mol. The van der Waals surface area contributed by atoms with Crippen molar-refractivity contribution in [3.05, 3.63) is 28.2 Å². The molecule has 1 aromatic rings. The number of aliphatic hydroxyl groups excluding tert-OH is 1. The third-order valence-electron chi connectivity index (χ3n) is 3.31. The van der Waals surface area contributed by atoms with Crippen LogP contribution in [0.3, 0.4) is 0 Å². The molecule has 1 atom stereocenters. The maximum Gasteiger partial charge on any atom is 0.238 e. The fourth-order valence-corrected chi connectivity index (χ4v) is 2.55. The molecule has 1 aliphatic rings. The number of rotatable bonds is 6. The predicted octanol–water partition coefficient (Wildman–Crippen LogP) is 2.63. The SMILES string of the molecule is CN(CC(=O)Nc1c(Cl)cccc1Cl)CC(O)C1CC1. The van der Waals surface area contributed by atoms with Gasteiger partial charge in [0.05, 0.1) is 28.4 Å². The smallest absolute Gasteiger partial charge is 0.238 e. The number of amides is 1. The lowest BCUT2D eigenvalue weighted by molar-refractivity contribution is -0.117. The van der Waals surface area contributed by atoms with Crippen LogP contribution in [0.2, 0.25) is 10.0 Å². The molecule has 0 spiro atoms. The molecule has 6 heteroatoms. The number of nitrogens with one attached hydrogen (secondary N) is 1. The van der Waals surface area contributed by atoms with Gasteiger partial charge in [0.25, 0.3) is 0 Å². The van der Waals surface area contributed by atoms with Gasteiger partial charge in [-0.15, -0.1) is 0 Å². The van der Waals surface area contributed by atoms with E-state index in [4.69, 9.17) is 23.2 Å². The van der Waals surface area contributed by atoms with Crippen LogP contribution in [0.4, 0.5) is 5.69 Å². The zero-order chi connectivity index (χ0) is 14.7. The summed E-state index contributed by atoms with van der Waals surface area (Å²) in [5, 5.41) is 13.4. The minimum atomic E-state index is -0.350. The van der Waals surface area contributed by atoms with E-state index in [1.165, 1.54) is 0 Å². The molecule has 2 N–H and O–H groups in total. The zero-order valence-electron chi connectivity index (χ0n) is 11.3. The van der Waals surface area contributed by atoms with Crippen molar-refractivity contribution in [2.24, 2.45) is 5.92 Å². The molecule has 4 nitrogen and oxygen atoms in total. The number of aliphatic hydroxyl groups is 1. The molecule has 0 radical (unpaired) electrons. The second-order valence-electron chi connectivity index (χ2n) is 5.25. The summed E-state index contributed by atoms with van der Waals surface area (Å²) in [7, 11) is 1.80. The van der Waals surface area contributed by atoms with Gasteiger partial charge < -0.3 is 10.4 Å². The van der Waals surface area contributed by atoms with E-state index in [2.05, 4.69) is 5.32 Å². The lowest BCUT2D eigenvalue weighted by Crippen LogP contribution is -2.36. The first-order chi connectivity index (χ1) is 9.47. The van der Waals surface area contributed by atoms with Crippen LogP contribution in [-0.4, -0.2) is 42.2 Å². The quantitative estimate of drug-likeness (QED) is 0.848. The fraction of sp³-hybridized carbons (Fsp3) is 0.500. The van der Waals surface area contributed by atoms with Crippen molar-refractivity contribution in [3.8, 4) is 0 Å². The van der Waals surface area contributed by atoms with E-state index in [-0.39, 0.29) is 18.6 Å². The maximum atomic E-state index is 11.9. The first kappa shape index (κ1) is 15.6. The van der Waals surface area contributed by atoms with Crippen molar-refractivity contribution in [2.45, 2.75) is 18.9 Å². The number of carbonyl (C=O) groups excluding carboxylic acids is 1. The molecule has 1 aromatic carbocycles. The van der Waals surface area contributed by atoms with E-state index < -0.39 is 0 Å². The standard InChI is InChI=1S/C14H18Cl2N2O2/c1-18(7-12(19)9-5-6-9)8-13(20)17-14-10(15)3-2-4-11(14)16/h2-4,9,12,19H,5-8H2,1H3,(H,17,20). The van der Waals surface area contributed by atoms with Crippen LogP contribution in [0.25, 0.3) is 0 Å². The van der Waals surface area contributed by atoms with Crippen molar-refractivity contribution in [2.75, 3.05) is 25.5 Å². The van der Waals surface area contributed by atoms with Gasteiger partial charge in [-0.3, -0.25) is 9.69 Å². The second-order valence-corrected chi connectivity index (χ2v) is 6.06. The monoisotopic (exact) mass is 316 g/mol. The Bertz CT molecular complexity index is 472. The molecule has 0 saturated heterocycles. The summed E-state index contributed by atoms with van der Waals surface area (Å²) in [5.41, 5.74) is 0.428. The van der Waals surface area contributed by atoms with Crippen LogP contribution in [0.15, 0.2) is 18.2 Å². The van der Waals surface area contributed by atoms with E-state index in [0.29, 0.717) is 28.2 Å². The van der Waals surface area contributed by atoms with Gasteiger partial charge in [0.2, 0.25) is 5.91 Å². The number of benzene rings is 1. The first-order valence-electron chi connectivity index (χ1n) is 6.58. The minimum Gasteiger partial charge on any atom is -0.392 e. The van der Waals surface area contributed by atoms with Crippen LogP contribution in [0.1, 0.15) is 12.8 Å². The fourth-order valence-electron chi connectivity index (χ4n) is 2.06. The van der Waals surface area contributed by atoms with Crippen LogP contribution in [0.5, 0.6) is 0 Å². The van der Waals surface area contributed by atoms with E-state index in [1.54, 1.807) is 30.1 Å². The molecule has 1 unspecified atom stereocenters. The van der Waals surface area contributed by atoms with Crippen LogP contribution in [-0.2, 0) is 4.79 Å². The Labute approximate surface area is 128 Å². The molecular formula is C14H18Cl2N2O2. The van der Waals surface area contributed by atoms with Gasteiger partial charge in [-0.05, 0) is 37.9 Å². The number of anilines is 1. The van der Waals surface area contributed by atoms with Gasteiger partial charge in [0.15, 0.2) is 0 Å². The number of nitrogens with zero attached hydrogens (tertiary/aromatic N) is 1. The van der Waals surface area contributed by atoms with E-state index in [9.17, 15) is 9.90 Å². The summed E-state index contributed by atoms with van der Waals surface area (Å²) in [6.45, 7) is 0.680. The Kier molecular flexibility index (Phi) is 5.27. The molecule has 1 fully saturated rings. The van der Waals surface area contributed by atoms with Gasteiger partial charge in [-0.25, -0.2) is 0 Å². The maximum absolute atomic E-state index is 11.9. The van der Waals surface area contributed by atoms with E-state index >= 15 is 0 Å². The zero-order valence-corrected chi connectivity index (χ0v) is 12.8. The molecule has 2 rings (SSSR count). The van der Waals surface area contributed by atoms with Crippen molar-refractivity contribution >= 4 is 34.8 Å². The van der Waals surface area contributed by atoms with Gasteiger partial charge in [-0.1, -0.05) is 29.3 Å². The highest BCUT2D eigenvalue weighted by Gasteiger charge is 2.30. The average Bonchev–Trinajstić information content (AvgIpc) is 3.17. The lowest BCUT2D eigenvalue weighted by Gasteiger charge is -2.20. The number of likely N-dealkylation sites (N-methyl/N-ethyl adjacent to an activating group) is 1. The highest BCUT2D eigenvalue weighted by molar-refractivity contribution is 6.39. The number of hydrogen-bond donors (Lipinski definition) is 2. The molecule has 1 saturated carbocycles. The largest absolute Gasteiger partial charge is 0.392 e. The number of carbonyl (C=O) groups is 1. The third-order valence-corrected chi connectivity index (χ3v) is 3.94. The minimum absolute atomic E-state index is 0.186. The summed E-state index contributed by atoms with van der Waals surface area (Å²) >= 11 is 12.0. The van der Waals surface area contributed by atoms with Crippen molar-refractivity contribution < 1.29 is 9.90 Å². The van der Waals surface area contributed by atoms with Crippen molar-refractivity contribution in [1.82, 2.24) is 4.90 Å². The molecule has 1 amide bonds. The van der Waals surface area contributed by atoms with Gasteiger partial charge in [0.1, 0.15) is 0 Å². The Morgan fingerprint density at radius 2 is 2.05 bits per heavy atom. The van der Waals surface area contributed by atoms with Crippen molar-refractivity contribution in [3.63, 3.8) is 0 Å². The van der Waals surface area contributed by atoms with Crippen LogP contribution < -0.4 is 5.32 Å². The third kappa shape index (κ3) is 4.35. The summed E-state index contributed by atoms with van der Waals surface area (Å²) in [6.07, 6.45) is 1.81.